The van der Waals surface area contributed by atoms with Crippen molar-refractivity contribution in [1.29, 1.82) is 0 Å². The molecule has 28 heavy (non-hydrogen) atoms. The van der Waals surface area contributed by atoms with Gasteiger partial charge in [-0.1, -0.05) is 12.5 Å². The quantitative estimate of drug-likeness (QED) is 0.675. The number of β-amino-alcohol motifs (C(OH)–C–C–N with tert-alkyl or cyclic N) is 1. The van der Waals surface area contributed by atoms with Crippen LogP contribution in [0.4, 0.5) is 0 Å². The number of ether oxygens (including phenoxy) is 2. The fourth-order valence-corrected chi connectivity index (χ4v) is 3.67. The molecule has 0 saturated carbocycles. The first kappa shape index (κ1) is 20.7. The number of nitrogens with zero attached hydrogens (tertiary/aromatic N) is 2. The first-order valence-corrected chi connectivity index (χ1v) is 10.0. The van der Waals surface area contributed by atoms with Crippen LogP contribution in [0.25, 0.3) is 0 Å². The van der Waals surface area contributed by atoms with Gasteiger partial charge in [0, 0.05) is 25.2 Å². The van der Waals surface area contributed by atoms with Gasteiger partial charge < -0.3 is 23.9 Å². The number of hydrogen-bond acceptors (Lipinski definition) is 6. The number of aliphatic hydroxyl groups is 1. The molecule has 0 spiro atoms. The Morgan fingerprint density at radius 1 is 1.11 bits per heavy atom. The van der Waals surface area contributed by atoms with Crippen molar-refractivity contribution in [1.82, 2.24) is 9.80 Å². The van der Waals surface area contributed by atoms with Crippen LogP contribution in [0.15, 0.2) is 41.2 Å². The van der Waals surface area contributed by atoms with E-state index in [1.165, 1.54) is 19.3 Å². The Bertz CT molecular complexity index is 699. The molecule has 1 aromatic heterocycles. The summed E-state index contributed by atoms with van der Waals surface area (Å²) < 4.78 is 16.5. The lowest BCUT2D eigenvalue weighted by molar-refractivity contribution is 0.0608. The molecule has 6 heteroatoms. The van der Waals surface area contributed by atoms with Crippen molar-refractivity contribution in [3.8, 4) is 11.5 Å². The predicted octanol–water partition coefficient (Wildman–Crippen LogP) is 3.15. The van der Waals surface area contributed by atoms with Crippen LogP contribution in [-0.2, 0) is 13.1 Å². The van der Waals surface area contributed by atoms with Crippen LogP contribution in [0.3, 0.4) is 0 Å². The van der Waals surface area contributed by atoms with Gasteiger partial charge in [-0.15, -0.1) is 0 Å². The third-order valence-corrected chi connectivity index (χ3v) is 5.06. The molecule has 0 amide bonds. The molecule has 1 saturated heterocycles. The summed E-state index contributed by atoms with van der Waals surface area (Å²) in [5.74, 6) is 1.36. The molecule has 1 fully saturated rings. The SMILES string of the molecule is COc1ccc(CN(C)Cc2ccoc2)cc1OC[C@H](O)CN1CCCCC1. The average Bonchev–Trinajstić information content (AvgIpc) is 3.20. The van der Waals surface area contributed by atoms with E-state index in [-0.39, 0.29) is 6.61 Å². The number of likely N-dealkylation sites (tertiary alicyclic amines) is 1. The molecule has 1 aliphatic rings. The van der Waals surface area contributed by atoms with Crippen molar-refractivity contribution >= 4 is 0 Å². The van der Waals surface area contributed by atoms with Gasteiger partial charge in [0.25, 0.3) is 0 Å². The van der Waals surface area contributed by atoms with E-state index in [9.17, 15) is 5.11 Å². The summed E-state index contributed by atoms with van der Waals surface area (Å²) in [7, 11) is 3.71. The molecule has 3 rings (SSSR count). The van der Waals surface area contributed by atoms with Crippen molar-refractivity contribution in [2.24, 2.45) is 0 Å². The molecule has 1 aliphatic heterocycles. The number of rotatable bonds is 10. The lowest BCUT2D eigenvalue weighted by Crippen LogP contribution is -2.38. The van der Waals surface area contributed by atoms with Crippen LogP contribution in [0.5, 0.6) is 11.5 Å². The molecule has 2 aromatic rings. The highest BCUT2D eigenvalue weighted by Crippen LogP contribution is 2.29. The summed E-state index contributed by atoms with van der Waals surface area (Å²) >= 11 is 0. The Hall–Kier alpha value is -2.02. The number of aliphatic hydroxyl groups excluding tert-OH is 1. The van der Waals surface area contributed by atoms with E-state index in [0.29, 0.717) is 18.0 Å². The molecule has 1 N–H and O–H groups in total. The van der Waals surface area contributed by atoms with Gasteiger partial charge in [0.15, 0.2) is 11.5 Å². The Morgan fingerprint density at radius 2 is 1.89 bits per heavy atom. The van der Waals surface area contributed by atoms with Gasteiger partial charge in [-0.25, -0.2) is 0 Å². The smallest absolute Gasteiger partial charge is 0.161 e. The number of benzene rings is 1. The summed E-state index contributed by atoms with van der Waals surface area (Å²) in [5.41, 5.74) is 2.28. The Labute approximate surface area is 167 Å². The first-order valence-electron chi connectivity index (χ1n) is 10.0. The standard InChI is InChI=1S/C22H32N2O4/c1-23(14-19-8-11-27-16-19)13-18-6-7-21(26-2)22(12-18)28-17-20(25)15-24-9-4-3-5-10-24/h6-8,11-12,16,20,25H,3-5,9-10,13-15,17H2,1-2H3/t20-/m1/s1. The maximum absolute atomic E-state index is 10.4. The number of piperidine rings is 1. The second-order valence-electron chi connectivity index (χ2n) is 7.62. The highest BCUT2D eigenvalue weighted by atomic mass is 16.5. The molecule has 1 aromatic carbocycles. The maximum Gasteiger partial charge on any atom is 0.161 e. The van der Waals surface area contributed by atoms with E-state index < -0.39 is 6.10 Å². The maximum atomic E-state index is 10.4. The van der Waals surface area contributed by atoms with Gasteiger partial charge in [-0.2, -0.15) is 0 Å². The fourth-order valence-electron chi connectivity index (χ4n) is 3.67. The van der Waals surface area contributed by atoms with Crippen LogP contribution in [0.1, 0.15) is 30.4 Å². The van der Waals surface area contributed by atoms with Crippen LogP contribution >= 0.6 is 0 Å². The lowest BCUT2D eigenvalue weighted by Gasteiger charge is -2.28. The predicted molar refractivity (Wildman–Crippen MR) is 109 cm³/mol. The average molecular weight is 389 g/mol. The van der Waals surface area contributed by atoms with Crippen LogP contribution in [0, 0.1) is 0 Å². The highest BCUT2D eigenvalue weighted by Gasteiger charge is 2.16. The minimum Gasteiger partial charge on any atom is -0.493 e. The van der Waals surface area contributed by atoms with Gasteiger partial charge in [-0.3, -0.25) is 4.90 Å². The zero-order valence-electron chi connectivity index (χ0n) is 17.0. The van der Waals surface area contributed by atoms with E-state index in [1.807, 2.05) is 24.3 Å². The van der Waals surface area contributed by atoms with Crippen molar-refractivity contribution in [2.45, 2.75) is 38.5 Å². The van der Waals surface area contributed by atoms with Gasteiger partial charge in [-0.05, 0) is 56.7 Å². The highest BCUT2D eigenvalue weighted by molar-refractivity contribution is 5.43. The molecule has 154 valence electrons. The lowest BCUT2D eigenvalue weighted by atomic mass is 10.1. The molecular formula is C22H32N2O4. The van der Waals surface area contributed by atoms with Crippen molar-refractivity contribution < 1.29 is 19.0 Å². The molecule has 0 aliphatic carbocycles. The monoisotopic (exact) mass is 388 g/mol. The number of methoxy groups -OCH3 is 1. The third kappa shape index (κ3) is 6.26. The second kappa shape index (κ2) is 10.5. The fraction of sp³-hybridized carbons (Fsp3) is 0.545. The molecule has 0 bridgehead atoms. The zero-order chi connectivity index (χ0) is 19.8. The van der Waals surface area contributed by atoms with Gasteiger partial charge in [0.1, 0.15) is 12.7 Å². The van der Waals surface area contributed by atoms with Crippen LogP contribution < -0.4 is 9.47 Å². The number of furan rings is 1. The second-order valence-corrected chi connectivity index (χ2v) is 7.62. The Balaban J connectivity index is 1.54. The van der Waals surface area contributed by atoms with Crippen molar-refractivity contribution in [2.75, 3.05) is 40.4 Å². The zero-order valence-corrected chi connectivity index (χ0v) is 17.0. The minimum absolute atomic E-state index is 0.265. The van der Waals surface area contributed by atoms with Crippen molar-refractivity contribution in [3.05, 3.63) is 47.9 Å². The summed E-state index contributed by atoms with van der Waals surface area (Å²) in [6.07, 6.45) is 6.68. The topological polar surface area (TPSA) is 58.3 Å². The van der Waals surface area contributed by atoms with E-state index >= 15 is 0 Å². The summed E-state index contributed by atoms with van der Waals surface area (Å²) in [6, 6.07) is 7.94. The van der Waals surface area contributed by atoms with Crippen LogP contribution in [-0.4, -0.2) is 61.4 Å². The molecular weight excluding hydrogens is 356 g/mol. The van der Waals surface area contributed by atoms with E-state index in [2.05, 4.69) is 16.8 Å². The van der Waals surface area contributed by atoms with E-state index in [1.54, 1.807) is 19.6 Å². The van der Waals surface area contributed by atoms with Crippen LogP contribution in [0.2, 0.25) is 0 Å². The molecule has 0 unspecified atom stereocenters. The Morgan fingerprint density at radius 3 is 2.61 bits per heavy atom. The molecule has 2 heterocycles. The molecule has 1 atom stereocenters. The molecule has 0 radical (unpaired) electrons. The summed E-state index contributed by atoms with van der Waals surface area (Å²) in [5, 5.41) is 10.4. The third-order valence-electron chi connectivity index (χ3n) is 5.06. The summed E-state index contributed by atoms with van der Waals surface area (Å²) in [4.78, 5) is 4.53. The van der Waals surface area contributed by atoms with Gasteiger partial charge in [0.05, 0.1) is 19.6 Å². The Kier molecular flexibility index (Phi) is 7.77. The van der Waals surface area contributed by atoms with E-state index in [4.69, 9.17) is 13.9 Å². The summed E-state index contributed by atoms with van der Waals surface area (Å²) in [6.45, 7) is 4.66. The van der Waals surface area contributed by atoms with Gasteiger partial charge >= 0.3 is 0 Å². The molecule has 6 nitrogen and oxygen atoms in total. The minimum atomic E-state index is -0.504. The first-order chi connectivity index (χ1) is 13.6. The van der Waals surface area contributed by atoms with E-state index in [0.717, 1.165) is 37.3 Å². The van der Waals surface area contributed by atoms with Crippen molar-refractivity contribution in [3.63, 3.8) is 0 Å². The normalized spacial score (nSPS) is 16.3. The van der Waals surface area contributed by atoms with Gasteiger partial charge in [0.2, 0.25) is 0 Å². The number of hydrogen-bond donors (Lipinski definition) is 1. The largest absolute Gasteiger partial charge is 0.493 e.